The fourth-order valence-electron chi connectivity index (χ4n) is 2.63. The quantitative estimate of drug-likeness (QED) is 0.700. The first kappa shape index (κ1) is 16.7. The van der Waals surface area contributed by atoms with Crippen LogP contribution < -0.4 is 5.32 Å². The molecular formula is C19H20N4O2. The van der Waals surface area contributed by atoms with Crippen molar-refractivity contribution in [3.8, 4) is 0 Å². The van der Waals surface area contributed by atoms with Crippen molar-refractivity contribution in [2.45, 2.75) is 13.0 Å². The summed E-state index contributed by atoms with van der Waals surface area (Å²) < 4.78 is 7.07. The number of hydrogen-bond acceptors (Lipinski definition) is 5. The molecule has 6 heteroatoms. The maximum Gasteiger partial charge on any atom is 0.341 e. The molecule has 0 saturated carbocycles. The average Bonchev–Trinajstić information content (AvgIpc) is 3.06. The van der Waals surface area contributed by atoms with E-state index in [4.69, 9.17) is 4.74 Å². The van der Waals surface area contributed by atoms with Crippen molar-refractivity contribution in [2.75, 3.05) is 11.9 Å². The van der Waals surface area contributed by atoms with Crippen molar-refractivity contribution < 1.29 is 9.53 Å². The third-order valence-corrected chi connectivity index (χ3v) is 3.83. The number of anilines is 1. The molecule has 6 nitrogen and oxygen atoms in total. The van der Waals surface area contributed by atoms with Gasteiger partial charge in [-0.05, 0) is 24.6 Å². The van der Waals surface area contributed by atoms with E-state index in [-0.39, 0.29) is 6.04 Å². The van der Waals surface area contributed by atoms with Gasteiger partial charge in [-0.15, -0.1) is 0 Å². The van der Waals surface area contributed by atoms with Gasteiger partial charge < -0.3 is 14.6 Å². The highest BCUT2D eigenvalue weighted by atomic mass is 16.5. The highest BCUT2D eigenvalue weighted by Crippen LogP contribution is 2.26. The molecule has 0 amide bonds. The van der Waals surface area contributed by atoms with E-state index < -0.39 is 5.97 Å². The van der Waals surface area contributed by atoms with Gasteiger partial charge in [0.1, 0.15) is 23.2 Å². The van der Waals surface area contributed by atoms with Crippen LogP contribution in [-0.4, -0.2) is 27.1 Å². The van der Waals surface area contributed by atoms with E-state index in [1.54, 1.807) is 31.5 Å². The van der Waals surface area contributed by atoms with E-state index in [2.05, 4.69) is 15.3 Å². The van der Waals surface area contributed by atoms with Gasteiger partial charge in [0, 0.05) is 25.6 Å². The van der Waals surface area contributed by atoms with Crippen LogP contribution in [0.25, 0.3) is 0 Å². The van der Waals surface area contributed by atoms with E-state index in [1.165, 1.54) is 0 Å². The number of esters is 1. The monoisotopic (exact) mass is 336 g/mol. The van der Waals surface area contributed by atoms with Crippen LogP contribution in [0.4, 0.5) is 5.82 Å². The van der Waals surface area contributed by atoms with Crippen LogP contribution >= 0.6 is 0 Å². The van der Waals surface area contributed by atoms with Gasteiger partial charge >= 0.3 is 5.97 Å². The second kappa shape index (κ2) is 7.61. The molecule has 2 aromatic heterocycles. The third-order valence-electron chi connectivity index (χ3n) is 3.83. The molecule has 0 bridgehead atoms. The van der Waals surface area contributed by atoms with E-state index in [9.17, 15) is 4.79 Å². The summed E-state index contributed by atoms with van der Waals surface area (Å²) in [5, 5.41) is 3.35. The Bertz CT molecular complexity index is 845. The molecule has 3 aromatic rings. The van der Waals surface area contributed by atoms with Crippen molar-refractivity contribution in [3.05, 3.63) is 78.0 Å². The highest BCUT2D eigenvalue weighted by molar-refractivity contribution is 5.94. The fraction of sp³-hybridized carbons (Fsp3) is 0.211. The molecule has 0 saturated heterocycles. The summed E-state index contributed by atoms with van der Waals surface area (Å²) in [5.74, 6) is 0.897. The lowest BCUT2D eigenvalue weighted by Crippen LogP contribution is -2.19. The number of aryl methyl sites for hydroxylation is 1. The van der Waals surface area contributed by atoms with Gasteiger partial charge in [-0.2, -0.15) is 0 Å². The molecule has 0 fully saturated rings. The first-order valence-electron chi connectivity index (χ1n) is 8.11. The number of imidazole rings is 1. The van der Waals surface area contributed by atoms with E-state index in [0.29, 0.717) is 18.0 Å². The zero-order valence-corrected chi connectivity index (χ0v) is 14.2. The zero-order valence-electron chi connectivity index (χ0n) is 14.2. The molecule has 1 N–H and O–H groups in total. The predicted octanol–water partition coefficient (Wildman–Crippen LogP) is 3.19. The number of hydrogen-bond donors (Lipinski definition) is 1. The Balaban J connectivity index is 2.00. The Morgan fingerprint density at radius 2 is 1.96 bits per heavy atom. The van der Waals surface area contributed by atoms with E-state index in [0.717, 1.165) is 11.4 Å². The normalized spacial score (nSPS) is 11.8. The number of pyridine rings is 1. The van der Waals surface area contributed by atoms with Crippen LogP contribution in [0, 0.1) is 0 Å². The number of carbonyl (C=O) groups is 1. The molecule has 25 heavy (non-hydrogen) atoms. The number of nitrogens with one attached hydrogen (secondary N) is 1. The van der Waals surface area contributed by atoms with Crippen LogP contribution in [-0.2, 0) is 11.8 Å². The third kappa shape index (κ3) is 3.68. The Hall–Kier alpha value is -3.15. The molecular weight excluding hydrogens is 316 g/mol. The van der Waals surface area contributed by atoms with E-state index >= 15 is 0 Å². The van der Waals surface area contributed by atoms with E-state index in [1.807, 2.05) is 48.1 Å². The summed E-state index contributed by atoms with van der Waals surface area (Å²) in [5.41, 5.74) is 1.43. The van der Waals surface area contributed by atoms with Gasteiger partial charge in [-0.25, -0.2) is 14.8 Å². The lowest BCUT2D eigenvalue weighted by atomic mass is 10.1. The Morgan fingerprint density at radius 1 is 1.16 bits per heavy atom. The molecule has 0 radical (unpaired) electrons. The average molecular weight is 336 g/mol. The molecule has 0 aliphatic heterocycles. The Kier molecular flexibility index (Phi) is 5.09. The molecule has 0 unspecified atom stereocenters. The van der Waals surface area contributed by atoms with Crippen LogP contribution in [0.15, 0.2) is 61.1 Å². The van der Waals surface area contributed by atoms with Crippen molar-refractivity contribution in [3.63, 3.8) is 0 Å². The van der Waals surface area contributed by atoms with Crippen molar-refractivity contribution in [2.24, 2.45) is 7.05 Å². The minimum Gasteiger partial charge on any atom is -0.462 e. The molecule has 2 heterocycles. The van der Waals surface area contributed by atoms with Crippen LogP contribution in [0.3, 0.4) is 0 Å². The van der Waals surface area contributed by atoms with Gasteiger partial charge in [0.15, 0.2) is 0 Å². The predicted molar refractivity (Wildman–Crippen MR) is 95.3 cm³/mol. The second-order valence-corrected chi connectivity index (χ2v) is 5.50. The molecule has 128 valence electrons. The van der Waals surface area contributed by atoms with Gasteiger partial charge in [-0.1, -0.05) is 30.3 Å². The summed E-state index contributed by atoms with van der Waals surface area (Å²) in [6.45, 7) is 2.09. The number of carbonyl (C=O) groups excluding carboxylic acids is 1. The zero-order chi connectivity index (χ0) is 17.6. The Morgan fingerprint density at radius 3 is 2.64 bits per heavy atom. The largest absolute Gasteiger partial charge is 0.462 e. The van der Waals surface area contributed by atoms with Crippen molar-refractivity contribution >= 4 is 11.8 Å². The minimum atomic E-state index is -0.398. The summed E-state index contributed by atoms with van der Waals surface area (Å²) in [6.07, 6.45) is 5.28. The number of aromatic nitrogens is 3. The molecule has 1 atom stereocenters. The first-order chi connectivity index (χ1) is 12.2. The van der Waals surface area contributed by atoms with Crippen molar-refractivity contribution in [1.82, 2.24) is 14.5 Å². The molecule has 0 aliphatic rings. The highest BCUT2D eigenvalue weighted by Gasteiger charge is 2.22. The lowest BCUT2D eigenvalue weighted by molar-refractivity contribution is 0.0527. The Labute approximate surface area is 146 Å². The maximum atomic E-state index is 12.2. The number of rotatable bonds is 6. The topological polar surface area (TPSA) is 69.0 Å². The SMILES string of the molecule is CCOC(=O)c1cccnc1N[C@H](c1ccccc1)c1nccn1C. The summed E-state index contributed by atoms with van der Waals surface area (Å²) in [7, 11) is 1.94. The van der Waals surface area contributed by atoms with Gasteiger partial charge in [0.25, 0.3) is 0 Å². The van der Waals surface area contributed by atoms with Crippen LogP contribution in [0.2, 0.25) is 0 Å². The number of ether oxygens (including phenoxy) is 1. The smallest absolute Gasteiger partial charge is 0.341 e. The van der Waals surface area contributed by atoms with Crippen LogP contribution in [0.1, 0.15) is 34.7 Å². The molecule has 3 rings (SSSR count). The van der Waals surface area contributed by atoms with Gasteiger partial charge in [0.2, 0.25) is 0 Å². The molecule has 0 aliphatic carbocycles. The minimum absolute atomic E-state index is 0.246. The second-order valence-electron chi connectivity index (χ2n) is 5.50. The molecule has 1 aromatic carbocycles. The number of nitrogens with zero attached hydrogens (tertiary/aromatic N) is 3. The van der Waals surface area contributed by atoms with Crippen molar-refractivity contribution in [1.29, 1.82) is 0 Å². The first-order valence-corrected chi connectivity index (χ1v) is 8.11. The summed E-state index contributed by atoms with van der Waals surface area (Å²) in [4.78, 5) is 21.0. The maximum absolute atomic E-state index is 12.2. The summed E-state index contributed by atoms with van der Waals surface area (Å²) in [6, 6.07) is 13.1. The molecule has 0 spiro atoms. The number of benzene rings is 1. The van der Waals surface area contributed by atoms with Crippen LogP contribution in [0.5, 0.6) is 0 Å². The van der Waals surface area contributed by atoms with Gasteiger partial charge in [-0.3, -0.25) is 0 Å². The standard InChI is InChI=1S/C19H20N4O2/c1-3-25-19(24)15-10-7-11-20-17(15)22-16(14-8-5-4-6-9-14)18-21-12-13-23(18)2/h4-13,16H,3H2,1-2H3,(H,20,22)/t16-/m1/s1. The summed E-state index contributed by atoms with van der Waals surface area (Å²) >= 11 is 0. The fourth-order valence-corrected chi connectivity index (χ4v) is 2.63. The van der Waals surface area contributed by atoms with Gasteiger partial charge in [0.05, 0.1) is 6.61 Å². The lowest BCUT2D eigenvalue weighted by Gasteiger charge is -2.21.